The number of anilines is 2. The number of Topliss-reactive ketones (excluding diaryl/α,β-unsaturated/α-hetero) is 1. The van der Waals surface area contributed by atoms with Gasteiger partial charge in [0.25, 0.3) is 0 Å². The second kappa shape index (κ2) is 32.7. The molecule has 0 atom stereocenters. The minimum atomic E-state index is -0.373. The number of rotatable bonds is 12. The highest BCUT2D eigenvalue weighted by Gasteiger charge is 2.07. The quantitative estimate of drug-likeness (QED) is 0.0534. The molecule has 0 fully saturated rings. The number of aryl methyl sites for hydroxylation is 1. The Balaban J connectivity index is 0.000000436. The van der Waals surface area contributed by atoms with Crippen molar-refractivity contribution in [3.8, 4) is 40.2 Å². The third kappa shape index (κ3) is 23.2. The summed E-state index contributed by atoms with van der Waals surface area (Å²) in [7, 11) is 3.02. The first kappa shape index (κ1) is 57.1. The molecular weight excluding hydrogens is 875 g/mol. The zero-order valence-corrected chi connectivity index (χ0v) is 38.8. The average Bonchev–Trinajstić information content (AvgIpc) is 3.76. The molecule has 7 aromatic rings. The van der Waals surface area contributed by atoms with Gasteiger partial charge in [0.1, 0.15) is 57.7 Å². The second-order valence-corrected chi connectivity index (χ2v) is 13.0. The summed E-state index contributed by atoms with van der Waals surface area (Å²) in [5.41, 5.74) is 11.8. The number of halogens is 4. The molecule has 16 heteroatoms. The molecule has 0 aliphatic heterocycles. The number of nitrogens with zero attached hydrogens (tertiary/aromatic N) is 2. The first-order valence-electron chi connectivity index (χ1n) is 20.4. The molecule has 354 valence electrons. The van der Waals surface area contributed by atoms with E-state index in [1.54, 1.807) is 72.3 Å². The van der Waals surface area contributed by atoms with Crippen LogP contribution in [0, 0.1) is 24.4 Å². The van der Waals surface area contributed by atoms with Crippen LogP contribution in [0.4, 0.5) is 24.5 Å². The first-order chi connectivity index (χ1) is 31.3. The van der Waals surface area contributed by atoms with E-state index in [1.807, 2.05) is 81.6 Å². The Hall–Kier alpha value is -6.88. The molecule has 1 heterocycles. The van der Waals surface area contributed by atoms with Crippen molar-refractivity contribution in [1.82, 2.24) is 9.78 Å². The predicted octanol–water partition coefficient (Wildman–Crippen LogP) is 8.11. The summed E-state index contributed by atoms with van der Waals surface area (Å²) >= 11 is 0. The molecule has 0 aliphatic carbocycles. The molecule has 0 spiro atoms. The van der Waals surface area contributed by atoms with Crippen molar-refractivity contribution in [2.24, 2.45) is 0 Å². The lowest BCUT2D eigenvalue weighted by Gasteiger charge is -2.09. The number of aliphatic hydroxyl groups excluding tert-OH is 1. The maximum atomic E-state index is 12.8. The number of methoxy groups -OCH3 is 2. The minimum absolute atomic E-state index is 0. The molecule has 0 radical (unpaired) electrons. The summed E-state index contributed by atoms with van der Waals surface area (Å²) in [5.74, 6) is 6.68. The number of aromatic nitrogens is 2. The highest BCUT2D eigenvalue weighted by molar-refractivity contribution is 5.75. The third-order valence-electron chi connectivity index (χ3n) is 7.89. The van der Waals surface area contributed by atoms with Crippen molar-refractivity contribution in [2.75, 3.05) is 32.0 Å². The van der Waals surface area contributed by atoms with Crippen LogP contribution in [0.25, 0.3) is 5.69 Å². The van der Waals surface area contributed by atoms with Gasteiger partial charge in [-0.05, 0) is 172 Å². The van der Waals surface area contributed by atoms with Gasteiger partial charge in [0.2, 0.25) is 0 Å². The predicted molar refractivity (Wildman–Crippen MR) is 249 cm³/mol. The molecule has 66 heavy (non-hydrogen) atoms. The molecule has 0 unspecified atom stereocenters. The van der Waals surface area contributed by atoms with Gasteiger partial charge in [0.05, 0.1) is 23.5 Å². The highest BCUT2D eigenvalue weighted by Crippen LogP contribution is 2.25. The van der Waals surface area contributed by atoms with Gasteiger partial charge >= 0.3 is 0 Å². The van der Waals surface area contributed by atoms with Crippen LogP contribution in [0.2, 0.25) is 0 Å². The maximum Gasteiger partial charge on any atom is 0.163 e. The number of nitrogens with two attached hydrogens (primary N) is 1. The number of aliphatic hydroxyl groups is 1. The molecule has 6 aromatic carbocycles. The van der Waals surface area contributed by atoms with Crippen molar-refractivity contribution in [2.45, 2.75) is 47.3 Å². The fraction of sp³-hybridized carbons (Fsp3) is 0.200. The van der Waals surface area contributed by atoms with E-state index < -0.39 is 0 Å². The maximum absolute atomic E-state index is 12.8. The minimum Gasteiger partial charge on any atom is -1.00 e. The van der Waals surface area contributed by atoms with Crippen LogP contribution in [0.1, 0.15) is 39.8 Å². The molecular formula is C50H59ClF3N5O7. The summed E-state index contributed by atoms with van der Waals surface area (Å²) in [6.45, 7) is 9.38. The van der Waals surface area contributed by atoms with Crippen LogP contribution in [0.3, 0.4) is 0 Å². The van der Waals surface area contributed by atoms with E-state index in [0.29, 0.717) is 46.6 Å². The molecule has 7 N–H and O–H groups in total. The van der Waals surface area contributed by atoms with Crippen molar-refractivity contribution < 1.29 is 65.0 Å². The first-order valence-corrected chi connectivity index (χ1v) is 20.4. The van der Waals surface area contributed by atoms with Crippen LogP contribution >= 0.6 is 0 Å². The zero-order valence-electron chi connectivity index (χ0n) is 38.1. The molecule has 0 bridgehead atoms. The van der Waals surface area contributed by atoms with Crippen LogP contribution < -0.4 is 43.6 Å². The largest absolute Gasteiger partial charge is 1.00 e. The summed E-state index contributed by atoms with van der Waals surface area (Å²) in [4.78, 5) is 10.4. The smallest absolute Gasteiger partial charge is 0.163 e. The second-order valence-electron chi connectivity index (χ2n) is 13.0. The monoisotopic (exact) mass is 933 g/mol. The van der Waals surface area contributed by atoms with Crippen LogP contribution in [0.15, 0.2) is 158 Å². The Morgan fingerprint density at radius 3 is 1.24 bits per heavy atom. The van der Waals surface area contributed by atoms with Crippen molar-refractivity contribution in [1.29, 1.82) is 0 Å². The summed E-state index contributed by atoms with van der Waals surface area (Å²) < 4.78 is 66.0. The Morgan fingerprint density at radius 1 is 0.652 bits per heavy atom. The molecule has 7 rings (SSSR count). The Morgan fingerprint density at radius 2 is 0.970 bits per heavy atom. The number of nitrogens with one attached hydrogen (secondary N) is 1. The molecule has 0 aliphatic rings. The number of nitrogen functional groups attached to an aromatic ring is 1. The van der Waals surface area contributed by atoms with E-state index >= 15 is 0 Å². The number of ether oxygens (including phenoxy) is 5. The number of carbonyl (C=O) groups is 1. The van der Waals surface area contributed by atoms with E-state index in [2.05, 4.69) is 16.4 Å². The molecule has 12 nitrogen and oxygen atoms in total. The van der Waals surface area contributed by atoms with Gasteiger partial charge < -0.3 is 46.9 Å². The standard InChI is InChI=1S/C16H13FN2O.C12H11FN2O.C12H10FNO.C6H12O3.C2H6O.C2H6.ClH/c1-12-10-11-19(18-12)14-4-8-16(9-5-14)20-15-6-2-13(17)3-7-15;13-9-1-5-11(6-2-9)16-12-7-3-10(15-14)4-8-12;13-9-1-5-11(6-2-9)15-12-7-3-10(14)4-8-12;1-5(7)4-6(8-2)9-3;1-2-3;1-2;/h2-11H,1H3;1-8,15H,14H2;1-8H,14H2;6H,4H2,1-3H3;3H,2H2,1H3;1-2H3;1H. The molecule has 0 amide bonds. The number of quaternary nitrogens is 1. The van der Waals surface area contributed by atoms with E-state index in [1.165, 1.54) is 57.5 Å². The number of hydrogen-bond donors (Lipinski definition) is 4. The summed E-state index contributed by atoms with van der Waals surface area (Å²) in [6.07, 6.45) is 1.86. The molecule has 1 aromatic heterocycles. The van der Waals surface area contributed by atoms with Gasteiger partial charge in [-0.3, -0.25) is 10.6 Å². The average molecular weight is 934 g/mol. The fourth-order valence-corrected chi connectivity index (χ4v) is 4.82. The van der Waals surface area contributed by atoms with Crippen LogP contribution in [-0.2, 0) is 14.3 Å². The summed E-state index contributed by atoms with van der Waals surface area (Å²) in [5, 5.41) is 11.9. The lowest BCUT2D eigenvalue weighted by molar-refractivity contribution is -0.325. The van der Waals surface area contributed by atoms with Gasteiger partial charge in [-0.15, -0.1) is 0 Å². The third-order valence-corrected chi connectivity index (χ3v) is 7.89. The number of benzene rings is 6. The Labute approximate surface area is 391 Å². The Kier molecular flexibility index (Phi) is 28.3. The number of carbonyl (C=O) groups excluding carboxylic acids is 1. The zero-order chi connectivity index (χ0) is 48.0. The Bertz CT molecular complexity index is 2270. The SMILES string of the molecule is CC.CCO.COC(CC(C)=O)OC.Cc1ccn(-c2ccc(Oc3ccc(F)cc3)cc2)n1.Nc1ccc(Oc2ccc(F)cc2)cc1.[Cl-].[NH3+]Nc1ccc(Oc2ccc(F)cc2)cc1. The summed E-state index contributed by atoms with van der Waals surface area (Å²) in [6, 6.07) is 41.6. The number of hydrogen-bond acceptors (Lipinski definition) is 10. The fourth-order valence-electron chi connectivity index (χ4n) is 4.82. The molecule has 0 saturated heterocycles. The van der Waals surface area contributed by atoms with E-state index in [4.69, 9.17) is 34.5 Å². The number of ketones is 1. The lowest BCUT2D eigenvalue weighted by atomic mass is 10.3. The topological polar surface area (TPSA) is 167 Å². The van der Waals surface area contributed by atoms with Gasteiger partial charge in [0.15, 0.2) is 6.29 Å². The van der Waals surface area contributed by atoms with Crippen LogP contribution in [-0.4, -0.2) is 47.8 Å². The lowest BCUT2D eigenvalue weighted by Crippen LogP contribution is -3.00. The van der Waals surface area contributed by atoms with Crippen molar-refractivity contribution >= 4 is 17.2 Å². The van der Waals surface area contributed by atoms with Gasteiger partial charge in [0, 0.05) is 32.7 Å². The normalized spacial score (nSPS) is 9.59. The van der Waals surface area contributed by atoms with Crippen molar-refractivity contribution in [3.63, 3.8) is 0 Å². The van der Waals surface area contributed by atoms with E-state index in [-0.39, 0.29) is 48.5 Å². The van der Waals surface area contributed by atoms with Gasteiger partial charge in [-0.25, -0.2) is 23.3 Å². The van der Waals surface area contributed by atoms with E-state index in [0.717, 1.165) is 17.1 Å². The van der Waals surface area contributed by atoms with Gasteiger partial charge in [-0.2, -0.15) is 5.10 Å². The van der Waals surface area contributed by atoms with Gasteiger partial charge in [-0.1, -0.05) is 13.8 Å². The highest BCUT2D eigenvalue weighted by atomic mass is 35.5. The van der Waals surface area contributed by atoms with Crippen LogP contribution in [0.5, 0.6) is 34.5 Å². The van der Waals surface area contributed by atoms with E-state index in [9.17, 15) is 18.0 Å². The van der Waals surface area contributed by atoms with Crippen molar-refractivity contribution in [3.05, 3.63) is 181 Å². The molecule has 0 saturated carbocycles.